The van der Waals surface area contributed by atoms with Gasteiger partial charge in [0.25, 0.3) is 5.91 Å². The molecule has 27 heavy (non-hydrogen) atoms. The molecule has 4 rings (SSSR count). The second kappa shape index (κ2) is 6.93. The third-order valence-electron chi connectivity index (χ3n) is 4.44. The van der Waals surface area contributed by atoms with Crippen molar-refractivity contribution >= 4 is 27.5 Å². The van der Waals surface area contributed by atoms with Gasteiger partial charge >= 0.3 is 0 Å². The molecule has 0 bridgehead atoms. The van der Waals surface area contributed by atoms with Crippen LogP contribution in [0.5, 0.6) is 11.5 Å². The summed E-state index contributed by atoms with van der Waals surface area (Å²) in [6, 6.07) is 11.3. The minimum atomic E-state index is -0.338. The van der Waals surface area contributed by atoms with E-state index in [9.17, 15) is 4.79 Å². The van der Waals surface area contributed by atoms with E-state index in [1.807, 2.05) is 10.6 Å². The van der Waals surface area contributed by atoms with Gasteiger partial charge in [0.2, 0.25) is 6.79 Å². The highest BCUT2D eigenvalue weighted by atomic mass is 32.1. The van der Waals surface area contributed by atoms with Crippen molar-refractivity contribution in [2.45, 2.75) is 26.3 Å². The molecule has 1 aromatic heterocycles. The minimum absolute atomic E-state index is 0.167. The van der Waals surface area contributed by atoms with Gasteiger partial charge < -0.3 is 14.0 Å². The SMILES string of the molecule is C#CCn1c(=NC(=O)c2ccc3c(c2)OCO3)sc2cc(C(C)C)ccc21. The van der Waals surface area contributed by atoms with Crippen molar-refractivity contribution in [1.29, 1.82) is 0 Å². The number of nitrogens with zero attached hydrogens (tertiary/aromatic N) is 2. The van der Waals surface area contributed by atoms with E-state index in [-0.39, 0.29) is 12.7 Å². The van der Waals surface area contributed by atoms with Crippen molar-refractivity contribution in [3.05, 3.63) is 52.3 Å². The van der Waals surface area contributed by atoms with Crippen molar-refractivity contribution in [1.82, 2.24) is 4.57 Å². The first kappa shape index (κ1) is 17.4. The van der Waals surface area contributed by atoms with Crippen LogP contribution in [-0.2, 0) is 6.54 Å². The van der Waals surface area contributed by atoms with Gasteiger partial charge in [0.1, 0.15) is 0 Å². The average molecular weight is 378 g/mol. The highest BCUT2D eigenvalue weighted by molar-refractivity contribution is 7.16. The van der Waals surface area contributed by atoms with E-state index in [4.69, 9.17) is 15.9 Å². The number of terminal acetylenes is 1. The van der Waals surface area contributed by atoms with Crippen LogP contribution in [0.4, 0.5) is 0 Å². The zero-order valence-corrected chi connectivity index (χ0v) is 15.9. The zero-order valence-electron chi connectivity index (χ0n) is 15.1. The molecule has 6 heteroatoms. The maximum absolute atomic E-state index is 12.7. The number of hydrogen-bond acceptors (Lipinski definition) is 4. The van der Waals surface area contributed by atoms with E-state index in [2.05, 4.69) is 36.9 Å². The highest BCUT2D eigenvalue weighted by Crippen LogP contribution is 2.32. The summed E-state index contributed by atoms with van der Waals surface area (Å²) in [6.45, 7) is 4.83. The van der Waals surface area contributed by atoms with E-state index in [1.54, 1.807) is 18.2 Å². The molecule has 2 aromatic carbocycles. The molecule has 0 radical (unpaired) electrons. The molecule has 1 aliphatic rings. The molecule has 0 spiro atoms. The third-order valence-corrected chi connectivity index (χ3v) is 5.48. The number of fused-ring (bicyclic) bond motifs is 2. The van der Waals surface area contributed by atoms with Gasteiger partial charge in [-0.05, 0) is 41.8 Å². The molecule has 0 atom stereocenters. The van der Waals surface area contributed by atoms with E-state index in [0.717, 1.165) is 10.2 Å². The summed E-state index contributed by atoms with van der Waals surface area (Å²) < 4.78 is 13.6. The van der Waals surface area contributed by atoms with Crippen LogP contribution in [0.25, 0.3) is 10.2 Å². The lowest BCUT2D eigenvalue weighted by molar-refractivity contribution is 0.0997. The molecular formula is C21H18N2O3S. The van der Waals surface area contributed by atoms with Crippen LogP contribution in [0.2, 0.25) is 0 Å². The Bertz CT molecular complexity index is 1150. The Kier molecular flexibility index (Phi) is 4.46. The molecule has 0 aliphatic carbocycles. The van der Waals surface area contributed by atoms with Crippen molar-refractivity contribution in [2.24, 2.45) is 4.99 Å². The monoisotopic (exact) mass is 378 g/mol. The van der Waals surface area contributed by atoms with Crippen LogP contribution in [-0.4, -0.2) is 17.3 Å². The second-order valence-corrected chi connectivity index (χ2v) is 7.55. The van der Waals surface area contributed by atoms with Crippen LogP contribution in [0, 0.1) is 12.3 Å². The molecule has 3 aromatic rings. The molecule has 0 N–H and O–H groups in total. The zero-order chi connectivity index (χ0) is 19.0. The Morgan fingerprint density at radius 1 is 1.26 bits per heavy atom. The first-order chi connectivity index (χ1) is 13.1. The van der Waals surface area contributed by atoms with Crippen molar-refractivity contribution in [2.75, 3.05) is 6.79 Å². The lowest BCUT2D eigenvalue weighted by atomic mass is 10.0. The predicted octanol–water partition coefficient (Wildman–Crippen LogP) is 3.93. The number of thiazole rings is 1. The Morgan fingerprint density at radius 3 is 2.85 bits per heavy atom. The second-order valence-electron chi connectivity index (χ2n) is 6.54. The summed E-state index contributed by atoms with van der Waals surface area (Å²) in [5.41, 5.74) is 2.68. The van der Waals surface area contributed by atoms with Gasteiger partial charge in [-0.3, -0.25) is 4.79 Å². The first-order valence-corrected chi connectivity index (χ1v) is 9.44. The lowest BCUT2D eigenvalue weighted by Gasteiger charge is -2.05. The van der Waals surface area contributed by atoms with Crippen LogP contribution >= 0.6 is 11.3 Å². The van der Waals surface area contributed by atoms with E-state index < -0.39 is 0 Å². The van der Waals surface area contributed by atoms with Crippen molar-refractivity contribution < 1.29 is 14.3 Å². The van der Waals surface area contributed by atoms with Crippen molar-refractivity contribution in [3.63, 3.8) is 0 Å². The highest BCUT2D eigenvalue weighted by Gasteiger charge is 2.16. The molecule has 2 heterocycles. The molecule has 1 amide bonds. The number of benzene rings is 2. The molecule has 5 nitrogen and oxygen atoms in total. The molecule has 0 saturated carbocycles. The van der Waals surface area contributed by atoms with Crippen LogP contribution in [0.15, 0.2) is 41.4 Å². The molecule has 136 valence electrons. The van der Waals surface area contributed by atoms with Crippen molar-refractivity contribution in [3.8, 4) is 23.8 Å². The Morgan fingerprint density at radius 2 is 2.07 bits per heavy atom. The predicted molar refractivity (Wildman–Crippen MR) is 105 cm³/mol. The smallest absolute Gasteiger partial charge is 0.279 e. The summed E-state index contributed by atoms with van der Waals surface area (Å²) in [6.07, 6.45) is 5.54. The summed E-state index contributed by atoms with van der Waals surface area (Å²) >= 11 is 1.47. The number of carbonyl (C=O) groups is 1. The number of carbonyl (C=O) groups excluding carboxylic acids is 1. The third kappa shape index (κ3) is 3.22. The molecule has 0 saturated heterocycles. The molecule has 0 fully saturated rings. The number of aromatic nitrogens is 1. The first-order valence-electron chi connectivity index (χ1n) is 8.62. The van der Waals surface area contributed by atoms with Gasteiger partial charge in [0.15, 0.2) is 16.3 Å². The fraction of sp³-hybridized carbons (Fsp3) is 0.238. The number of rotatable bonds is 3. The standard InChI is InChI=1S/C21H18N2O3S/c1-4-9-23-16-7-5-14(13(2)3)11-19(16)27-21(23)22-20(24)15-6-8-17-18(10-15)26-12-25-17/h1,5-8,10-11,13H,9,12H2,2-3H3. The quantitative estimate of drug-likeness (QED) is 0.649. The Hall–Kier alpha value is -3.04. The fourth-order valence-electron chi connectivity index (χ4n) is 2.96. The Labute approximate surface area is 160 Å². The van der Waals surface area contributed by atoms with Gasteiger partial charge in [-0.1, -0.05) is 37.2 Å². The summed E-state index contributed by atoms with van der Waals surface area (Å²) in [4.78, 5) is 17.6. The van der Waals surface area contributed by atoms with E-state index >= 15 is 0 Å². The van der Waals surface area contributed by atoms with E-state index in [0.29, 0.717) is 34.3 Å². The summed E-state index contributed by atoms with van der Waals surface area (Å²) in [5, 5.41) is 0. The van der Waals surface area contributed by atoms with Gasteiger partial charge in [-0.2, -0.15) is 4.99 Å². The molecule has 1 aliphatic heterocycles. The van der Waals surface area contributed by atoms with Gasteiger partial charge in [-0.25, -0.2) is 0 Å². The van der Waals surface area contributed by atoms with Gasteiger partial charge in [-0.15, -0.1) is 6.42 Å². The number of ether oxygens (including phenoxy) is 2. The molecular weight excluding hydrogens is 360 g/mol. The maximum Gasteiger partial charge on any atom is 0.279 e. The molecule has 0 unspecified atom stereocenters. The van der Waals surface area contributed by atoms with Crippen LogP contribution in [0.3, 0.4) is 0 Å². The summed E-state index contributed by atoms with van der Waals surface area (Å²) in [5.74, 6) is 3.93. The Balaban J connectivity index is 1.80. The van der Waals surface area contributed by atoms with Crippen LogP contribution < -0.4 is 14.3 Å². The van der Waals surface area contributed by atoms with Gasteiger partial charge in [0.05, 0.1) is 16.8 Å². The summed E-state index contributed by atoms with van der Waals surface area (Å²) in [7, 11) is 0. The normalized spacial score (nSPS) is 13.3. The fourth-order valence-corrected chi connectivity index (χ4v) is 4.04. The number of hydrogen-bond donors (Lipinski definition) is 0. The van der Waals surface area contributed by atoms with Gasteiger partial charge in [0, 0.05) is 5.56 Å². The van der Waals surface area contributed by atoms with E-state index in [1.165, 1.54) is 16.9 Å². The lowest BCUT2D eigenvalue weighted by Crippen LogP contribution is -2.16. The average Bonchev–Trinajstić information content (AvgIpc) is 3.25. The largest absolute Gasteiger partial charge is 0.454 e. The topological polar surface area (TPSA) is 52.8 Å². The van der Waals surface area contributed by atoms with Crippen LogP contribution in [0.1, 0.15) is 35.7 Å². The maximum atomic E-state index is 12.7. The minimum Gasteiger partial charge on any atom is -0.454 e. The number of amides is 1.